The average Bonchev–Trinajstić information content (AvgIpc) is 1.89. The molecule has 1 rings (SSSR count). The summed E-state index contributed by atoms with van der Waals surface area (Å²) in [5, 5.41) is 0. The fraction of sp³-hybridized carbons (Fsp3) is 0.125. The molecule has 0 atom stereocenters. The standard InChI is InChI=1S/C8H8S/c1-7-5-3-4-6-8(7)9-2/h1,3-6H,2H3. The van der Waals surface area contributed by atoms with Crippen molar-refractivity contribution in [3.8, 4) is 0 Å². The highest BCUT2D eigenvalue weighted by atomic mass is 32.2. The second-order valence-corrected chi connectivity index (χ2v) is 2.59. The predicted molar refractivity (Wildman–Crippen MR) is 42.9 cm³/mol. The molecule has 0 saturated carbocycles. The van der Waals surface area contributed by atoms with Crippen LogP contribution in [0, 0.1) is 13.0 Å². The Kier molecular flexibility index (Phi) is 1.99. The minimum atomic E-state index is 0.866. The minimum Gasteiger partial charge on any atom is -0.196 e. The molecule has 0 N–H and O–H groups in total. The van der Waals surface area contributed by atoms with Crippen molar-refractivity contribution < 1.29 is 0 Å². The van der Waals surface area contributed by atoms with Crippen molar-refractivity contribution in [3.63, 3.8) is 0 Å². The normalized spacial score (nSPS) is 16.9. The third-order valence-electron chi connectivity index (χ3n) is 1.14. The van der Waals surface area contributed by atoms with Gasteiger partial charge in [-0.2, -0.15) is 30.3 Å². The van der Waals surface area contributed by atoms with Crippen LogP contribution < -0.4 is 0 Å². The van der Waals surface area contributed by atoms with Gasteiger partial charge in [-0.1, -0.05) is 11.5 Å². The van der Waals surface area contributed by atoms with Crippen LogP contribution in [0.2, 0.25) is 0 Å². The van der Waals surface area contributed by atoms with Crippen molar-refractivity contribution in [2.24, 2.45) is 0 Å². The zero-order valence-corrected chi connectivity index (χ0v) is 6.11. The second kappa shape index (κ2) is 2.77. The number of hydrogen-bond acceptors (Lipinski definition) is 1. The topological polar surface area (TPSA) is 0 Å². The molecule has 0 saturated heterocycles. The first kappa shape index (κ1) is 6.47. The van der Waals surface area contributed by atoms with E-state index >= 15 is 0 Å². The van der Waals surface area contributed by atoms with Gasteiger partial charge in [0, 0.05) is 0 Å². The van der Waals surface area contributed by atoms with Crippen molar-refractivity contribution in [3.05, 3.63) is 41.7 Å². The minimum absolute atomic E-state index is 0.866. The third kappa shape index (κ3) is 1.38. The van der Waals surface area contributed by atoms with Gasteiger partial charge in [0.1, 0.15) is 0 Å². The fourth-order valence-electron chi connectivity index (χ4n) is 0.666. The van der Waals surface area contributed by atoms with Gasteiger partial charge >= 0.3 is 0 Å². The Hall–Kier alpha value is -0.650. The third-order valence-corrected chi connectivity index (χ3v) is 1.95. The summed E-state index contributed by atoms with van der Waals surface area (Å²) in [6.45, 7) is 5.61. The van der Waals surface area contributed by atoms with Gasteiger partial charge in [0.05, 0.1) is 0 Å². The maximum atomic E-state index is 5.61. The molecule has 0 amide bonds. The number of hydrogen-bond donors (Lipinski definition) is 0. The summed E-state index contributed by atoms with van der Waals surface area (Å²) >= 11 is 1.67. The molecular weight excluding hydrogens is 128 g/mol. The highest BCUT2D eigenvalue weighted by molar-refractivity contribution is 8.02. The van der Waals surface area contributed by atoms with E-state index in [1.54, 1.807) is 11.8 Å². The highest BCUT2D eigenvalue weighted by Gasteiger charge is 1.92. The molecule has 1 aliphatic rings. The van der Waals surface area contributed by atoms with E-state index in [2.05, 4.69) is 0 Å². The Balaban J connectivity index is 2.71. The van der Waals surface area contributed by atoms with Crippen molar-refractivity contribution in [2.45, 2.75) is 0 Å². The van der Waals surface area contributed by atoms with Crippen LogP contribution in [0.25, 0.3) is 0 Å². The summed E-state index contributed by atoms with van der Waals surface area (Å²) in [6.07, 6.45) is 9.87. The molecule has 0 aromatic heterocycles. The van der Waals surface area contributed by atoms with E-state index < -0.39 is 0 Å². The molecule has 1 aliphatic carbocycles. The zero-order chi connectivity index (χ0) is 6.69. The summed E-state index contributed by atoms with van der Waals surface area (Å²) in [6, 6.07) is 0. The molecule has 1 heteroatoms. The fourth-order valence-corrected chi connectivity index (χ4v) is 1.18. The van der Waals surface area contributed by atoms with E-state index in [-0.39, 0.29) is 0 Å². The summed E-state index contributed by atoms with van der Waals surface area (Å²) in [4.78, 5) is 1.15. The molecular formula is C8H8S. The van der Waals surface area contributed by atoms with E-state index in [9.17, 15) is 0 Å². The van der Waals surface area contributed by atoms with Gasteiger partial charge in [-0.25, -0.2) is 0 Å². The average molecular weight is 136 g/mol. The van der Waals surface area contributed by atoms with Gasteiger partial charge in [-0.05, 0) is 11.8 Å². The lowest BCUT2D eigenvalue weighted by atomic mass is 10.1. The van der Waals surface area contributed by atoms with E-state index in [1.807, 2.05) is 30.9 Å². The molecule has 0 fully saturated rings. The van der Waals surface area contributed by atoms with E-state index in [4.69, 9.17) is 6.58 Å². The molecule has 0 aromatic carbocycles. The Morgan fingerprint density at radius 1 is 1.67 bits per heavy atom. The first-order valence-electron chi connectivity index (χ1n) is 2.73. The van der Waals surface area contributed by atoms with Crippen molar-refractivity contribution >= 4 is 11.8 Å². The molecule has 46 valence electrons. The summed E-state index contributed by atoms with van der Waals surface area (Å²) in [5.74, 6) is 0. The van der Waals surface area contributed by atoms with E-state index in [1.165, 1.54) is 0 Å². The van der Waals surface area contributed by atoms with Gasteiger partial charge in [0.25, 0.3) is 0 Å². The van der Waals surface area contributed by atoms with Crippen LogP contribution in [0.1, 0.15) is 0 Å². The van der Waals surface area contributed by atoms with Gasteiger partial charge < -0.3 is 0 Å². The maximum absolute atomic E-state index is 5.61. The molecule has 0 bridgehead atoms. The Labute approximate surface area is 60.3 Å². The lowest BCUT2D eigenvalue weighted by Crippen LogP contribution is -1.84. The summed E-state index contributed by atoms with van der Waals surface area (Å²) < 4.78 is 0. The van der Waals surface area contributed by atoms with Gasteiger partial charge in [0.2, 0.25) is 0 Å². The van der Waals surface area contributed by atoms with Crippen molar-refractivity contribution in [2.75, 3.05) is 6.26 Å². The van der Waals surface area contributed by atoms with Gasteiger partial charge in [-0.15, -0.1) is 6.08 Å². The molecule has 0 spiro atoms. The molecule has 0 nitrogen and oxygen atoms in total. The molecule has 0 unspecified atom stereocenters. The molecule has 9 heavy (non-hydrogen) atoms. The zero-order valence-electron chi connectivity index (χ0n) is 5.29. The molecule has 0 aromatic rings. The first-order valence-corrected chi connectivity index (χ1v) is 3.95. The SMILES string of the molecule is [CH+]=C1C=C[CH-]C=C1SC. The number of rotatable bonds is 1. The van der Waals surface area contributed by atoms with Gasteiger partial charge in [-0.3, -0.25) is 0 Å². The van der Waals surface area contributed by atoms with Crippen LogP contribution in [-0.2, 0) is 0 Å². The Morgan fingerprint density at radius 3 is 2.89 bits per heavy atom. The first-order chi connectivity index (χ1) is 4.34. The molecule has 0 radical (unpaired) electrons. The Morgan fingerprint density at radius 2 is 2.44 bits per heavy atom. The lowest BCUT2D eigenvalue weighted by molar-refractivity contribution is 1.56. The largest absolute Gasteiger partial charge is 0.196 e. The summed E-state index contributed by atoms with van der Waals surface area (Å²) in [5.41, 5.74) is 0.866. The molecule has 0 heterocycles. The van der Waals surface area contributed by atoms with Crippen LogP contribution in [-0.4, -0.2) is 6.26 Å². The van der Waals surface area contributed by atoms with Crippen molar-refractivity contribution in [1.29, 1.82) is 0 Å². The quantitative estimate of drug-likeness (QED) is 0.499. The predicted octanol–water partition coefficient (Wildman–Crippen LogP) is 2.37. The lowest BCUT2D eigenvalue weighted by Gasteiger charge is -2.12. The van der Waals surface area contributed by atoms with Crippen LogP contribution >= 0.6 is 11.8 Å². The van der Waals surface area contributed by atoms with Crippen LogP contribution in [0.15, 0.2) is 28.7 Å². The number of thioether (sulfide) groups is 1. The highest BCUT2D eigenvalue weighted by Crippen LogP contribution is 2.24. The van der Waals surface area contributed by atoms with Crippen molar-refractivity contribution in [1.82, 2.24) is 0 Å². The Bertz CT molecular complexity index is 175. The van der Waals surface area contributed by atoms with Gasteiger partial charge in [0.15, 0.2) is 0 Å². The van der Waals surface area contributed by atoms with E-state index in [0.717, 1.165) is 10.5 Å². The van der Waals surface area contributed by atoms with Crippen LogP contribution in [0.3, 0.4) is 0 Å². The number of allylic oxidation sites excluding steroid dienone is 4. The van der Waals surface area contributed by atoms with Crippen LogP contribution in [0.5, 0.6) is 0 Å². The maximum Gasteiger partial charge on any atom is -0.0192 e. The second-order valence-electron chi connectivity index (χ2n) is 1.74. The molecule has 0 aliphatic heterocycles. The summed E-state index contributed by atoms with van der Waals surface area (Å²) in [7, 11) is 0. The van der Waals surface area contributed by atoms with E-state index in [0.29, 0.717) is 0 Å². The van der Waals surface area contributed by atoms with Crippen LogP contribution in [0.4, 0.5) is 0 Å². The monoisotopic (exact) mass is 136 g/mol. The smallest absolute Gasteiger partial charge is 0.0192 e.